The smallest absolute Gasteiger partial charge is 0.247 e. The number of carbonyl (C=O) groups excluding carboxylic acids is 1. The zero-order valence-electron chi connectivity index (χ0n) is 23.7. The maximum atomic E-state index is 12.4. The van der Waals surface area contributed by atoms with Gasteiger partial charge in [0.2, 0.25) is 5.91 Å². The molecule has 0 bridgehead atoms. The van der Waals surface area contributed by atoms with Gasteiger partial charge in [0.25, 0.3) is 0 Å². The number of nitrogens with zero attached hydrogens (tertiary/aromatic N) is 4. The number of methoxy groups -OCH3 is 1. The third-order valence-corrected chi connectivity index (χ3v) is 7.55. The van der Waals surface area contributed by atoms with Crippen LogP contribution in [-0.4, -0.2) is 55.4 Å². The predicted molar refractivity (Wildman–Crippen MR) is 164 cm³/mol. The van der Waals surface area contributed by atoms with Gasteiger partial charge in [0.1, 0.15) is 17.9 Å². The van der Waals surface area contributed by atoms with Gasteiger partial charge in [0, 0.05) is 31.6 Å². The minimum absolute atomic E-state index is 0.0165. The number of morpholine rings is 1. The first-order valence-corrected chi connectivity index (χ1v) is 14.0. The lowest BCUT2D eigenvalue weighted by Crippen LogP contribution is -2.41. The number of nitrogens with one attached hydrogen (secondary N) is 2. The molecular weight excluding hydrogens is 532 g/mol. The van der Waals surface area contributed by atoms with E-state index in [1.54, 1.807) is 7.11 Å². The van der Waals surface area contributed by atoms with Crippen molar-refractivity contribution < 1.29 is 19.1 Å². The van der Waals surface area contributed by atoms with Crippen LogP contribution in [0.1, 0.15) is 24.9 Å². The average molecular weight is 567 g/mol. The fraction of sp³-hybridized carbons (Fsp3) is 0.281. The molecule has 2 atom stereocenters. The molecule has 0 aliphatic carbocycles. The highest BCUT2D eigenvalue weighted by Crippen LogP contribution is 2.40. The number of hydroxylamine groups is 1. The molecule has 4 aromatic rings. The number of hydrogen-bond acceptors (Lipinski definition) is 9. The maximum absolute atomic E-state index is 12.4. The molecule has 42 heavy (non-hydrogen) atoms. The molecule has 2 aliphatic rings. The second-order valence-corrected chi connectivity index (χ2v) is 10.3. The second-order valence-electron chi connectivity index (χ2n) is 10.3. The van der Waals surface area contributed by atoms with E-state index in [4.69, 9.17) is 14.3 Å². The largest absolute Gasteiger partial charge is 0.494 e. The molecule has 3 aromatic carbocycles. The lowest BCUT2D eigenvalue weighted by atomic mass is 10.0. The number of fused-ring (bicyclic) bond motifs is 1. The van der Waals surface area contributed by atoms with Crippen LogP contribution in [-0.2, 0) is 14.4 Å². The van der Waals surface area contributed by atoms with Gasteiger partial charge in [-0.2, -0.15) is 0 Å². The molecule has 2 N–H and O–H groups in total. The lowest BCUT2D eigenvalue weighted by molar-refractivity contribution is -0.111. The number of anilines is 5. The topological polar surface area (TPSA) is 101 Å². The Morgan fingerprint density at radius 3 is 2.74 bits per heavy atom. The summed E-state index contributed by atoms with van der Waals surface area (Å²) in [6, 6.07) is 20.5. The zero-order valence-corrected chi connectivity index (χ0v) is 23.7. The van der Waals surface area contributed by atoms with Gasteiger partial charge in [-0.1, -0.05) is 43.0 Å². The Kier molecular flexibility index (Phi) is 7.89. The van der Waals surface area contributed by atoms with Crippen molar-refractivity contribution in [2.75, 3.05) is 54.0 Å². The highest BCUT2D eigenvalue weighted by molar-refractivity contribution is 6.02. The monoisotopic (exact) mass is 566 g/mol. The first-order chi connectivity index (χ1) is 20.5. The predicted octanol–water partition coefficient (Wildman–Crippen LogP) is 5.61. The summed E-state index contributed by atoms with van der Waals surface area (Å²) in [4.78, 5) is 29.6. The van der Waals surface area contributed by atoms with Crippen LogP contribution < -0.4 is 25.3 Å². The molecule has 216 valence electrons. The summed E-state index contributed by atoms with van der Waals surface area (Å²) in [7, 11) is 1.62. The first kappa shape index (κ1) is 27.5. The maximum Gasteiger partial charge on any atom is 0.247 e. The highest BCUT2D eigenvalue weighted by atomic mass is 16.7. The quantitative estimate of drug-likeness (QED) is 0.263. The molecule has 2 aliphatic heterocycles. The van der Waals surface area contributed by atoms with Crippen molar-refractivity contribution in [2.45, 2.75) is 25.5 Å². The molecule has 2 fully saturated rings. The fourth-order valence-electron chi connectivity index (χ4n) is 5.51. The summed E-state index contributed by atoms with van der Waals surface area (Å²) in [5.41, 5.74) is 3.28. The second kappa shape index (κ2) is 12.1. The summed E-state index contributed by atoms with van der Waals surface area (Å²) in [6.07, 6.45) is 3.66. The van der Waals surface area contributed by atoms with Crippen molar-refractivity contribution in [3.05, 3.63) is 85.2 Å². The van der Waals surface area contributed by atoms with Gasteiger partial charge in [-0.3, -0.25) is 9.63 Å². The number of aromatic nitrogens is 2. The Balaban J connectivity index is 1.29. The number of benzene rings is 3. The Labute approximate surface area is 244 Å². The van der Waals surface area contributed by atoms with Crippen LogP contribution in [0.25, 0.3) is 10.8 Å². The van der Waals surface area contributed by atoms with Crippen molar-refractivity contribution in [1.29, 1.82) is 0 Å². The standard InChI is InChI=1S/C32H34N6O4/c1-4-32(39)36-25-16-26(29(40-3)17-28(25)37-12-14-41-21(2)19-37)35-30-18-31(34-20-33-30)38-27(11-13-42-38)24-10-9-22-7-5-6-8-23(22)15-24/h4-10,15-18,20-21,27H,1,11-14,19H2,2-3H3,(H,36,39)(H,33,34,35)/t21-,27+/m0/s1. The minimum atomic E-state index is -0.302. The zero-order chi connectivity index (χ0) is 29.1. The van der Waals surface area contributed by atoms with E-state index in [1.807, 2.05) is 42.3 Å². The Morgan fingerprint density at radius 2 is 1.93 bits per heavy atom. The van der Waals surface area contributed by atoms with Gasteiger partial charge in [0.05, 0.1) is 49.5 Å². The summed E-state index contributed by atoms with van der Waals surface area (Å²) >= 11 is 0. The molecule has 0 saturated carbocycles. The SMILES string of the molecule is C=CC(=O)Nc1cc(Nc2cc(N3OCC[C@@H]3c3ccc4ccccc4c3)ncn2)c(OC)cc1N1CCO[C@@H](C)C1. The van der Waals surface area contributed by atoms with Crippen molar-refractivity contribution in [3.8, 4) is 5.75 Å². The van der Waals surface area contributed by atoms with Crippen LogP contribution in [0, 0.1) is 0 Å². The van der Waals surface area contributed by atoms with Crippen LogP contribution in [0.5, 0.6) is 5.75 Å². The Morgan fingerprint density at radius 1 is 1.07 bits per heavy atom. The number of ether oxygens (including phenoxy) is 2. The Hall–Kier alpha value is -4.67. The normalized spacial score (nSPS) is 18.6. The lowest BCUT2D eigenvalue weighted by Gasteiger charge is -2.34. The molecule has 2 saturated heterocycles. The van der Waals surface area contributed by atoms with Crippen LogP contribution >= 0.6 is 0 Å². The van der Waals surface area contributed by atoms with E-state index >= 15 is 0 Å². The molecular formula is C32H34N6O4. The molecule has 0 spiro atoms. The van der Waals surface area contributed by atoms with Crippen LogP contribution in [0.4, 0.5) is 28.7 Å². The van der Waals surface area contributed by atoms with Crippen molar-refractivity contribution in [3.63, 3.8) is 0 Å². The van der Waals surface area contributed by atoms with Crippen molar-refractivity contribution in [1.82, 2.24) is 9.97 Å². The number of amides is 1. The summed E-state index contributed by atoms with van der Waals surface area (Å²) < 4.78 is 11.5. The molecule has 1 aromatic heterocycles. The number of carbonyl (C=O) groups is 1. The first-order valence-electron chi connectivity index (χ1n) is 14.0. The summed E-state index contributed by atoms with van der Waals surface area (Å²) in [6.45, 7) is 8.21. The van der Waals surface area contributed by atoms with Gasteiger partial charge in [-0.05, 0) is 41.5 Å². The van der Waals surface area contributed by atoms with Gasteiger partial charge in [0.15, 0.2) is 5.82 Å². The number of rotatable bonds is 8. The molecule has 10 nitrogen and oxygen atoms in total. The van der Waals surface area contributed by atoms with Crippen LogP contribution in [0.3, 0.4) is 0 Å². The highest BCUT2D eigenvalue weighted by Gasteiger charge is 2.29. The van der Waals surface area contributed by atoms with E-state index in [1.165, 1.54) is 23.2 Å². The van der Waals surface area contributed by atoms with Gasteiger partial charge in [-0.25, -0.2) is 15.0 Å². The van der Waals surface area contributed by atoms with Crippen LogP contribution in [0.15, 0.2) is 79.6 Å². The van der Waals surface area contributed by atoms with E-state index in [-0.39, 0.29) is 18.1 Å². The fourth-order valence-corrected chi connectivity index (χ4v) is 5.51. The van der Waals surface area contributed by atoms with Gasteiger partial charge in [-0.15, -0.1) is 0 Å². The van der Waals surface area contributed by atoms with Crippen molar-refractivity contribution in [2.24, 2.45) is 0 Å². The minimum Gasteiger partial charge on any atom is -0.494 e. The average Bonchev–Trinajstić information content (AvgIpc) is 3.51. The van der Waals surface area contributed by atoms with Gasteiger partial charge < -0.3 is 25.0 Å². The third kappa shape index (κ3) is 5.72. The van der Waals surface area contributed by atoms with Gasteiger partial charge >= 0.3 is 0 Å². The molecule has 0 radical (unpaired) electrons. The Bertz CT molecular complexity index is 1610. The van der Waals surface area contributed by atoms with E-state index in [9.17, 15) is 4.79 Å². The number of hydrogen-bond donors (Lipinski definition) is 2. The third-order valence-electron chi connectivity index (χ3n) is 7.55. The van der Waals surface area contributed by atoms with Crippen LogP contribution in [0.2, 0.25) is 0 Å². The summed E-state index contributed by atoms with van der Waals surface area (Å²) in [5, 5.41) is 10.5. The molecule has 1 amide bonds. The van der Waals surface area contributed by atoms with Crippen molar-refractivity contribution >= 4 is 45.4 Å². The van der Waals surface area contributed by atoms with E-state index in [0.29, 0.717) is 55.1 Å². The molecule has 10 heteroatoms. The van der Waals surface area contributed by atoms with E-state index < -0.39 is 0 Å². The molecule has 3 heterocycles. The molecule has 0 unspecified atom stereocenters. The van der Waals surface area contributed by atoms with E-state index in [0.717, 1.165) is 17.7 Å². The molecule has 6 rings (SSSR count). The van der Waals surface area contributed by atoms with E-state index in [2.05, 4.69) is 62.4 Å². The summed E-state index contributed by atoms with van der Waals surface area (Å²) in [5.74, 6) is 1.50.